The first-order valence-corrected chi connectivity index (χ1v) is 15.6. The maximum atomic E-state index is 13.3. The van der Waals surface area contributed by atoms with Gasteiger partial charge in [-0.1, -0.05) is 35.9 Å². The Morgan fingerprint density at radius 3 is 2.07 bits per heavy atom. The monoisotopic (exact) mass is 576 g/mol. The second-order valence-corrected chi connectivity index (χ2v) is 12.9. The predicted molar refractivity (Wildman–Crippen MR) is 155 cm³/mol. The molecule has 0 spiro atoms. The van der Waals surface area contributed by atoms with Gasteiger partial charge in [-0.3, -0.25) is 14.6 Å². The van der Waals surface area contributed by atoms with E-state index in [1.165, 1.54) is 5.56 Å². The Labute approximate surface area is 241 Å². The summed E-state index contributed by atoms with van der Waals surface area (Å²) < 4.78 is 38.5. The summed E-state index contributed by atoms with van der Waals surface area (Å²) in [7, 11) is -3.49. The molecule has 3 aromatic carbocycles. The minimum Gasteiger partial charge on any atom is -0.454 e. The van der Waals surface area contributed by atoms with Gasteiger partial charge in [0.15, 0.2) is 11.5 Å². The van der Waals surface area contributed by atoms with Crippen LogP contribution in [0.25, 0.3) is 0 Å². The molecule has 0 bridgehead atoms. The van der Waals surface area contributed by atoms with Crippen molar-refractivity contribution in [1.29, 1.82) is 0 Å². The number of aryl methyl sites for hydroxylation is 1. The summed E-state index contributed by atoms with van der Waals surface area (Å²) in [6.45, 7) is 8.91. The second-order valence-electron chi connectivity index (χ2n) is 10.9. The zero-order valence-electron chi connectivity index (χ0n) is 23.4. The molecule has 0 aliphatic carbocycles. The minimum absolute atomic E-state index is 0.0589. The van der Waals surface area contributed by atoms with Crippen molar-refractivity contribution in [3.8, 4) is 11.5 Å². The first-order valence-electron chi connectivity index (χ1n) is 14.1. The summed E-state index contributed by atoms with van der Waals surface area (Å²) >= 11 is 0. The van der Waals surface area contributed by atoms with E-state index in [-0.39, 0.29) is 12.7 Å². The maximum absolute atomic E-state index is 13.3. The van der Waals surface area contributed by atoms with Crippen LogP contribution in [-0.2, 0) is 23.1 Å². The highest BCUT2D eigenvalue weighted by atomic mass is 32.2. The molecule has 0 radical (unpaired) electrons. The number of carbonyl (C=O) groups excluding carboxylic acids is 1. The number of piperazine rings is 2. The van der Waals surface area contributed by atoms with Gasteiger partial charge in [-0.15, -0.1) is 0 Å². The maximum Gasteiger partial charge on any atom is 0.253 e. The van der Waals surface area contributed by atoms with Gasteiger partial charge in [0, 0.05) is 71.0 Å². The van der Waals surface area contributed by atoms with Crippen molar-refractivity contribution in [2.45, 2.75) is 24.9 Å². The van der Waals surface area contributed by atoms with Crippen LogP contribution in [0.15, 0.2) is 71.6 Å². The van der Waals surface area contributed by atoms with Crippen LogP contribution in [0.5, 0.6) is 11.5 Å². The molecule has 2 fully saturated rings. The lowest BCUT2D eigenvalue weighted by atomic mass is 10.1. The summed E-state index contributed by atoms with van der Waals surface area (Å²) in [5, 5.41) is 0. The molecule has 216 valence electrons. The van der Waals surface area contributed by atoms with Crippen molar-refractivity contribution < 1.29 is 22.7 Å². The number of rotatable bonds is 7. The molecule has 41 heavy (non-hydrogen) atoms. The van der Waals surface area contributed by atoms with E-state index in [1.807, 2.05) is 60.4 Å². The van der Waals surface area contributed by atoms with Crippen LogP contribution in [0.4, 0.5) is 0 Å². The molecule has 3 heterocycles. The minimum atomic E-state index is -3.49. The number of carbonyl (C=O) groups is 1. The quantitative estimate of drug-likeness (QED) is 0.427. The number of benzene rings is 3. The highest BCUT2D eigenvalue weighted by Crippen LogP contribution is 2.33. The van der Waals surface area contributed by atoms with Crippen LogP contribution in [-0.4, -0.2) is 92.5 Å². The van der Waals surface area contributed by atoms with Gasteiger partial charge in [0.25, 0.3) is 5.91 Å². The average Bonchev–Trinajstić information content (AvgIpc) is 3.46. The molecule has 0 aromatic heterocycles. The van der Waals surface area contributed by atoms with E-state index in [9.17, 15) is 13.2 Å². The van der Waals surface area contributed by atoms with Crippen molar-refractivity contribution in [1.82, 2.24) is 19.0 Å². The first-order chi connectivity index (χ1) is 19.8. The third-order valence-electron chi connectivity index (χ3n) is 8.07. The fourth-order valence-electron chi connectivity index (χ4n) is 5.64. The molecule has 3 aromatic rings. The van der Waals surface area contributed by atoms with Crippen LogP contribution in [0, 0.1) is 6.92 Å². The Bertz CT molecular complexity index is 1500. The molecular formula is C31H36N4O5S. The molecule has 3 aliphatic heterocycles. The highest BCUT2D eigenvalue weighted by molar-refractivity contribution is 7.89. The lowest BCUT2D eigenvalue weighted by Crippen LogP contribution is -2.48. The largest absolute Gasteiger partial charge is 0.454 e. The molecule has 0 unspecified atom stereocenters. The van der Waals surface area contributed by atoms with E-state index in [0.717, 1.165) is 42.3 Å². The molecule has 0 saturated carbocycles. The summed E-state index contributed by atoms with van der Waals surface area (Å²) in [6, 6.07) is 20.9. The Kier molecular flexibility index (Phi) is 7.99. The van der Waals surface area contributed by atoms with Crippen LogP contribution in [0.1, 0.15) is 27.0 Å². The zero-order valence-corrected chi connectivity index (χ0v) is 24.2. The standard InChI is InChI=1S/C31H36N4O5S/c1-24-5-8-28(9-6-24)41(37,38)35-17-13-33(14-18-35)21-25-3-2-4-27(19-25)31(36)34-15-11-32(12-16-34)22-26-7-10-29-30(20-26)40-23-39-29/h2-10,19-20H,11-18,21-23H2,1H3. The lowest BCUT2D eigenvalue weighted by molar-refractivity contribution is 0.0628. The number of sulfonamides is 1. The number of fused-ring (bicyclic) bond motifs is 1. The van der Waals surface area contributed by atoms with Crippen LogP contribution < -0.4 is 9.47 Å². The molecule has 9 nitrogen and oxygen atoms in total. The smallest absolute Gasteiger partial charge is 0.253 e. The number of hydrogen-bond acceptors (Lipinski definition) is 7. The fourth-order valence-corrected chi connectivity index (χ4v) is 7.06. The summed E-state index contributed by atoms with van der Waals surface area (Å²) in [6.07, 6.45) is 0. The molecule has 3 aliphatic rings. The molecule has 1 amide bonds. The second kappa shape index (κ2) is 11.8. The van der Waals surface area contributed by atoms with Crippen molar-refractivity contribution in [2.24, 2.45) is 0 Å². The Hall–Kier alpha value is -3.44. The van der Waals surface area contributed by atoms with Crippen molar-refractivity contribution in [2.75, 3.05) is 59.2 Å². The van der Waals surface area contributed by atoms with Crippen molar-refractivity contribution in [3.63, 3.8) is 0 Å². The van der Waals surface area contributed by atoms with Gasteiger partial charge in [0.2, 0.25) is 16.8 Å². The molecule has 2 saturated heterocycles. The van der Waals surface area contributed by atoms with Crippen LogP contribution in [0.3, 0.4) is 0 Å². The fraction of sp³-hybridized carbons (Fsp3) is 0.387. The topological polar surface area (TPSA) is 82.6 Å². The van der Waals surface area contributed by atoms with E-state index in [4.69, 9.17) is 9.47 Å². The normalized spacial score (nSPS) is 18.5. The number of hydrogen-bond donors (Lipinski definition) is 0. The van der Waals surface area contributed by atoms with E-state index in [2.05, 4.69) is 15.9 Å². The SMILES string of the molecule is Cc1ccc(S(=O)(=O)N2CCN(Cc3cccc(C(=O)N4CCN(Cc5ccc6c(c5)OCO6)CC4)c3)CC2)cc1. The van der Waals surface area contributed by atoms with Crippen LogP contribution in [0.2, 0.25) is 0 Å². The van der Waals surface area contributed by atoms with E-state index in [1.54, 1.807) is 16.4 Å². The Morgan fingerprint density at radius 1 is 0.732 bits per heavy atom. The van der Waals surface area contributed by atoms with E-state index in [0.29, 0.717) is 56.3 Å². The van der Waals surface area contributed by atoms with Gasteiger partial charge < -0.3 is 14.4 Å². The molecule has 0 N–H and O–H groups in total. The van der Waals surface area contributed by atoms with Gasteiger partial charge in [0.1, 0.15) is 0 Å². The summed E-state index contributed by atoms with van der Waals surface area (Å²) in [5.74, 6) is 1.65. The molecule has 10 heteroatoms. The van der Waals surface area contributed by atoms with E-state index < -0.39 is 10.0 Å². The Morgan fingerprint density at radius 2 is 1.37 bits per heavy atom. The van der Waals surface area contributed by atoms with Crippen molar-refractivity contribution in [3.05, 3.63) is 89.0 Å². The number of amides is 1. The number of nitrogens with zero attached hydrogens (tertiary/aromatic N) is 4. The molecule has 0 atom stereocenters. The summed E-state index contributed by atoms with van der Waals surface area (Å²) in [5.41, 5.74) is 3.98. The van der Waals surface area contributed by atoms with Gasteiger partial charge in [-0.05, 0) is 54.4 Å². The van der Waals surface area contributed by atoms with Gasteiger partial charge >= 0.3 is 0 Å². The number of ether oxygens (including phenoxy) is 2. The Balaban J connectivity index is 0.997. The van der Waals surface area contributed by atoms with Crippen molar-refractivity contribution >= 4 is 15.9 Å². The first kappa shape index (κ1) is 27.7. The van der Waals surface area contributed by atoms with E-state index >= 15 is 0 Å². The molecular weight excluding hydrogens is 540 g/mol. The third-order valence-corrected chi connectivity index (χ3v) is 9.99. The lowest BCUT2D eigenvalue weighted by Gasteiger charge is -2.35. The predicted octanol–water partition coefficient (Wildman–Crippen LogP) is 3.19. The van der Waals surface area contributed by atoms with Gasteiger partial charge in [-0.25, -0.2) is 8.42 Å². The van der Waals surface area contributed by atoms with Gasteiger partial charge in [-0.2, -0.15) is 4.31 Å². The average molecular weight is 577 g/mol. The summed E-state index contributed by atoms with van der Waals surface area (Å²) in [4.78, 5) is 20.2. The third kappa shape index (κ3) is 6.25. The highest BCUT2D eigenvalue weighted by Gasteiger charge is 2.29. The molecule has 6 rings (SSSR count). The van der Waals surface area contributed by atoms with Crippen LogP contribution >= 0.6 is 0 Å². The zero-order chi connectivity index (χ0) is 28.4. The van der Waals surface area contributed by atoms with Gasteiger partial charge in [0.05, 0.1) is 4.90 Å².